The van der Waals surface area contributed by atoms with Crippen molar-refractivity contribution in [3.8, 4) is 0 Å². The Hall–Kier alpha value is -0.0800. The summed E-state index contributed by atoms with van der Waals surface area (Å²) in [6, 6.07) is 0.675. The normalized spacial score (nSPS) is 10.7. The van der Waals surface area contributed by atoms with Crippen LogP contribution in [0.3, 0.4) is 0 Å². The molecule has 0 saturated carbocycles. The third-order valence-electron chi connectivity index (χ3n) is 1.56. The molecule has 0 aliphatic carbocycles. The van der Waals surface area contributed by atoms with E-state index in [2.05, 4.69) is 19.2 Å². The Morgan fingerprint density at radius 2 is 1.89 bits per heavy atom. The van der Waals surface area contributed by atoms with Crippen LogP contribution in [0.15, 0.2) is 0 Å². The SMILES string of the molecule is CCC(CC)NCCN. The van der Waals surface area contributed by atoms with Gasteiger partial charge in [-0.1, -0.05) is 13.8 Å². The first kappa shape index (κ1) is 8.92. The number of nitrogens with two attached hydrogens (primary N) is 1. The minimum absolute atomic E-state index is 0.675. The Morgan fingerprint density at radius 3 is 2.22 bits per heavy atom. The molecule has 0 aliphatic heterocycles. The van der Waals surface area contributed by atoms with Crippen molar-refractivity contribution in [2.75, 3.05) is 13.1 Å². The topological polar surface area (TPSA) is 38.0 Å². The number of hydrogen-bond acceptors (Lipinski definition) is 2. The summed E-state index contributed by atoms with van der Waals surface area (Å²) in [6.45, 7) is 6.08. The van der Waals surface area contributed by atoms with Gasteiger partial charge in [0.05, 0.1) is 0 Å². The van der Waals surface area contributed by atoms with Gasteiger partial charge in [-0.15, -0.1) is 0 Å². The third kappa shape index (κ3) is 4.43. The van der Waals surface area contributed by atoms with Crippen LogP contribution in [0.4, 0.5) is 0 Å². The number of nitrogens with one attached hydrogen (secondary N) is 1. The Bertz CT molecular complexity index is 50.9. The molecule has 2 heteroatoms. The Kier molecular flexibility index (Phi) is 5.99. The van der Waals surface area contributed by atoms with Gasteiger partial charge in [0.2, 0.25) is 0 Å². The van der Waals surface area contributed by atoms with Gasteiger partial charge in [0.25, 0.3) is 0 Å². The van der Waals surface area contributed by atoms with Gasteiger partial charge in [0.1, 0.15) is 0 Å². The largest absolute Gasteiger partial charge is 0.329 e. The molecule has 0 amide bonds. The van der Waals surface area contributed by atoms with E-state index in [1.165, 1.54) is 12.8 Å². The molecule has 0 fully saturated rings. The van der Waals surface area contributed by atoms with Crippen molar-refractivity contribution in [1.82, 2.24) is 5.32 Å². The zero-order valence-electron chi connectivity index (χ0n) is 6.48. The highest BCUT2D eigenvalue weighted by atomic mass is 14.9. The van der Waals surface area contributed by atoms with Crippen LogP contribution in [-0.2, 0) is 0 Å². The van der Waals surface area contributed by atoms with Crippen molar-refractivity contribution < 1.29 is 0 Å². The molecule has 0 aromatic heterocycles. The highest BCUT2D eigenvalue weighted by Gasteiger charge is 1.98. The predicted octanol–water partition coefficient (Wildman–Crippen LogP) is 0.723. The van der Waals surface area contributed by atoms with Crippen LogP contribution in [0, 0.1) is 0 Å². The maximum absolute atomic E-state index is 5.32. The van der Waals surface area contributed by atoms with Crippen LogP contribution in [0.2, 0.25) is 0 Å². The van der Waals surface area contributed by atoms with Gasteiger partial charge >= 0.3 is 0 Å². The standard InChI is InChI=1S/C7H18N2/c1-3-7(4-2)9-6-5-8/h7,9H,3-6,8H2,1-2H3. The van der Waals surface area contributed by atoms with Crippen molar-refractivity contribution in [2.45, 2.75) is 32.7 Å². The fourth-order valence-electron chi connectivity index (χ4n) is 0.865. The molecular weight excluding hydrogens is 112 g/mol. The van der Waals surface area contributed by atoms with Crippen molar-refractivity contribution >= 4 is 0 Å². The van der Waals surface area contributed by atoms with Gasteiger partial charge in [-0.25, -0.2) is 0 Å². The minimum Gasteiger partial charge on any atom is -0.329 e. The molecule has 0 radical (unpaired) electrons. The molecule has 3 N–H and O–H groups in total. The Morgan fingerprint density at radius 1 is 1.33 bits per heavy atom. The number of rotatable bonds is 5. The molecular formula is C7H18N2. The molecule has 0 saturated heterocycles. The summed E-state index contributed by atoms with van der Waals surface area (Å²) in [6.07, 6.45) is 2.41. The Balaban J connectivity index is 3.09. The van der Waals surface area contributed by atoms with Crippen LogP contribution in [0.25, 0.3) is 0 Å². The van der Waals surface area contributed by atoms with Crippen LogP contribution in [0.5, 0.6) is 0 Å². The molecule has 0 aromatic carbocycles. The van der Waals surface area contributed by atoms with Gasteiger partial charge in [0, 0.05) is 19.1 Å². The Labute approximate surface area is 57.8 Å². The van der Waals surface area contributed by atoms with Crippen molar-refractivity contribution in [2.24, 2.45) is 5.73 Å². The fourth-order valence-corrected chi connectivity index (χ4v) is 0.865. The van der Waals surface area contributed by atoms with E-state index in [4.69, 9.17) is 5.73 Å². The van der Waals surface area contributed by atoms with E-state index >= 15 is 0 Å². The maximum Gasteiger partial charge on any atom is 0.00770 e. The second-order valence-corrected chi connectivity index (χ2v) is 2.26. The zero-order chi connectivity index (χ0) is 7.11. The first-order valence-corrected chi connectivity index (χ1v) is 3.78. The van der Waals surface area contributed by atoms with Crippen molar-refractivity contribution in [1.29, 1.82) is 0 Å². The van der Waals surface area contributed by atoms with Crippen LogP contribution in [0.1, 0.15) is 26.7 Å². The van der Waals surface area contributed by atoms with E-state index in [-0.39, 0.29) is 0 Å². The quantitative estimate of drug-likeness (QED) is 0.575. The summed E-state index contributed by atoms with van der Waals surface area (Å²) >= 11 is 0. The molecule has 0 aliphatic rings. The summed E-state index contributed by atoms with van der Waals surface area (Å²) in [7, 11) is 0. The van der Waals surface area contributed by atoms with Gasteiger partial charge in [0.15, 0.2) is 0 Å². The molecule has 0 unspecified atom stereocenters. The molecule has 0 rings (SSSR count). The molecule has 56 valence electrons. The molecule has 0 atom stereocenters. The minimum atomic E-state index is 0.675. The molecule has 2 nitrogen and oxygen atoms in total. The summed E-state index contributed by atoms with van der Waals surface area (Å²) in [4.78, 5) is 0. The zero-order valence-corrected chi connectivity index (χ0v) is 6.48. The summed E-state index contributed by atoms with van der Waals surface area (Å²) in [5.41, 5.74) is 5.32. The van der Waals surface area contributed by atoms with E-state index in [9.17, 15) is 0 Å². The van der Waals surface area contributed by atoms with Gasteiger partial charge < -0.3 is 11.1 Å². The summed E-state index contributed by atoms with van der Waals surface area (Å²) in [5.74, 6) is 0. The fraction of sp³-hybridized carbons (Fsp3) is 1.00. The lowest BCUT2D eigenvalue weighted by molar-refractivity contribution is 0.491. The monoisotopic (exact) mass is 130 g/mol. The molecule has 9 heavy (non-hydrogen) atoms. The smallest absolute Gasteiger partial charge is 0.00770 e. The van der Waals surface area contributed by atoms with Gasteiger partial charge in [-0.2, -0.15) is 0 Å². The molecule has 0 bridgehead atoms. The molecule has 0 aromatic rings. The highest BCUT2D eigenvalue weighted by Crippen LogP contribution is 1.93. The van der Waals surface area contributed by atoms with E-state index < -0.39 is 0 Å². The van der Waals surface area contributed by atoms with Crippen molar-refractivity contribution in [3.05, 3.63) is 0 Å². The van der Waals surface area contributed by atoms with Crippen LogP contribution in [-0.4, -0.2) is 19.1 Å². The summed E-state index contributed by atoms with van der Waals surface area (Å²) < 4.78 is 0. The third-order valence-corrected chi connectivity index (χ3v) is 1.56. The van der Waals surface area contributed by atoms with E-state index in [1.54, 1.807) is 0 Å². The molecule has 0 spiro atoms. The first-order valence-electron chi connectivity index (χ1n) is 3.78. The van der Waals surface area contributed by atoms with Crippen molar-refractivity contribution in [3.63, 3.8) is 0 Å². The number of hydrogen-bond donors (Lipinski definition) is 2. The van der Waals surface area contributed by atoms with Gasteiger partial charge in [-0.3, -0.25) is 0 Å². The average Bonchev–Trinajstić information content (AvgIpc) is 1.91. The lowest BCUT2D eigenvalue weighted by Crippen LogP contribution is -2.32. The van der Waals surface area contributed by atoms with Crippen LogP contribution < -0.4 is 11.1 Å². The summed E-state index contributed by atoms with van der Waals surface area (Å²) in [5, 5.41) is 3.34. The van der Waals surface area contributed by atoms with E-state index in [1.807, 2.05) is 0 Å². The van der Waals surface area contributed by atoms with E-state index in [0.717, 1.165) is 13.1 Å². The van der Waals surface area contributed by atoms with E-state index in [0.29, 0.717) is 6.04 Å². The second-order valence-electron chi connectivity index (χ2n) is 2.26. The average molecular weight is 130 g/mol. The van der Waals surface area contributed by atoms with Crippen LogP contribution >= 0.6 is 0 Å². The second kappa shape index (κ2) is 6.05. The van der Waals surface area contributed by atoms with Gasteiger partial charge in [-0.05, 0) is 12.8 Å². The molecule has 0 heterocycles. The lowest BCUT2D eigenvalue weighted by atomic mass is 10.2. The predicted molar refractivity (Wildman–Crippen MR) is 41.4 cm³/mol. The first-order chi connectivity index (χ1) is 4.35. The highest BCUT2D eigenvalue weighted by molar-refractivity contribution is 4.61. The lowest BCUT2D eigenvalue weighted by Gasteiger charge is -2.12. The maximum atomic E-state index is 5.32.